The lowest BCUT2D eigenvalue weighted by atomic mass is 9.95. The van der Waals surface area contributed by atoms with E-state index in [0.717, 1.165) is 0 Å². The predicted molar refractivity (Wildman–Crippen MR) is 50.7 cm³/mol. The number of nitrogens with two attached hydrogens (primary N) is 2. The number of ether oxygens (including phenoxy) is 1. The van der Waals surface area contributed by atoms with E-state index in [-0.39, 0.29) is 0 Å². The topological polar surface area (TPSA) is 78.3 Å². The second kappa shape index (κ2) is 4.82. The summed E-state index contributed by atoms with van der Waals surface area (Å²) in [5, 5.41) is 0. The summed E-state index contributed by atoms with van der Waals surface area (Å²) >= 11 is 0. The molecule has 4 N–H and O–H groups in total. The Morgan fingerprint density at radius 2 is 1.58 bits per heavy atom. The van der Waals surface area contributed by atoms with Gasteiger partial charge in [-0.2, -0.15) is 26.3 Å². The molecule has 0 aromatic rings. The average Bonchev–Trinajstić information content (AvgIpc) is 2.95. The number of hydrogen-bond donors (Lipinski definition) is 2. The van der Waals surface area contributed by atoms with Crippen LogP contribution in [0.15, 0.2) is 0 Å². The van der Waals surface area contributed by atoms with Crippen LogP contribution in [0.3, 0.4) is 0 Å². The highest BCUT2D eigenvalue weighted by Crippen LogP contribution is 2.40. The van der Waals surface area contributed by atoms with Gasteiger partial charge in [0, 0.05) is 0 Å². The Morgan fingerprint density at radius 3 is 1.84 bits per heavy atom. The maximum atomic E-state index is 12.2. The first-order chi connectivity index (χ1) is 8.39. The highest BCUT2D eigenvalue weighted by Gasteiger charge is 2.59. The number of primary amides is 1. The van der Waals surface area contributed by atoms with Crippen LogP contribution in [0.5, 0.6) is 0 Å². The van der Waals surface area contributed by atoms with Crippen molar-refractivity contribution in [3.8, 4) is 0 Å². The van der Waals surface area contributed by atoms with Gasteiger partial charge >= 0.3 is 12.4 Å². The molecule has 1 amide bonds. The molecule has 0 aliphatic heterocycles. The number of amides is 1. The number of hydrogen-bond acceptors (Lipinski definition) is 3. The van der Waals surface area contributed by atoms with Gasteiger partial charge in [-0.25, -0.2) is 0 Å². The molecule has 1 fully saturated rings. The van der Waals surface area contributed by atoms with Crippen LogP contribution in [0.2, 0.25) is 0 Å². The van der Waals surface area contributed by atoms with E-state index in [1.54, 1.807) is 0 Å². The van der Waals surface area contributed by atoms with Crippen molar-refractivity contribution in [2.24, 2.45) is 17.4 Å². The van der Waals surface area contributed by atoms with Gasteiger partial charge < -0.3 is 16.2 Å². The molecule has 1 aliphatic rings. The molecule has 10 heteroatoms. The van der Waals surface area contributed by atoms with Gasteiger partial charge in [-0.1, -0.05) is 0 Å². The summed E-state index contributed by atoms with van der Waals surface area (Å²) < 4.78 is 77.1. The first-order valence-electron chi connectivity index (χ1n) is 5.23. The number of alkyl halides is 6. The first-order valence-corrected chi connectivity index (χ1v) is 5.23. The Bertz CT molecular complexity index is 338. The molecular weight excluding hydrogens is 282 g/mol. The fraction of sp³-hybridized carbons (Fsp3) is 0.889. The molecule has 0 bridgehead atoms. The lowest BCUT2D eigenvalue weighted by Gasteiger charge is -2.30. The number of carbonyl (C=O) groups is 1. The van der Waals surface area contributed by atoms with Crippen LogP contribution in [0, 0.1) is 5.92 Å². The first kappa shape index (κ1) is 16.0. The second-order valence-electron chi connectivity index (χ2n) is 4.45. The van der Waals surface area contributed by atoms with E-state index < -0.39 is 42.4 Å². The molecule has 1 atom stereocenters. The number of halogens is 6. The summed E-state index contributed by atoms with van der Waals surface area (Å²) in [5.41, 5.74) is 8.35. The van der Waals surface area contributed by atoms with E-state index in [2.05, 4.69) is 4.74 Å². The Kier molecular flexibility index (Phi) is 4.06. The Balaban J connectivity index is 2.79. The number of rotatable bonds is 5. The lowest BCUT2D eigenvalue weighted by Crippen LogP contribution is -2.59. The third-order valence-corrected chi connectivity index (χ3v) is 2.85. The molecule has 4 nitrogen and oxygen atoms in total. The van der Waals surface area contributed by atoms with Crippen LogP contribution >= 0.6 is 0 Å². The molecule has 1 aliphatic carbocycles. The fourth-order valence-corrected chi connectivity index (χ4v) is 1.58. The smallest absolute Gasteiger partial charge is 0.368 e. The predicted octanol–water partition coefficient (Wildman–Crippen LogP) is 1.09. The maximum Gasteiger partial charge on any atom is 0.423 e. The quantitative estimate of drug-likeness (QED) is 0.745. The minimum Gasteiger partial charge on any atom is -0.368 e. The van der Waals surface area contributed by atoms with E-state index >= 15 is 0 Å². The molecule has 0 aromatic carbocycles. The van der Waals surface area contributed by atoms with Crippen LogP contribution in [-0.2, 0) is 9.53 Å². The molecule has 0 aromatic heterocycles. The van der Waals surface area contributed by atoms with Gasteiger partial charge in [0.1, 0.15) is 5.54 Å². The molecule has 0 spiro atoms. The van der Waals surface area contributed by atoms with Crippen LogP contribution in [0.1, 0.15) is 12.8 Å². The summed E-state index contributed by atoms with van der Waals surface area (Å²) in [6.45, 7) is -1.23. The molecule has 1 unspecified atom stereocenters. The zero-order chi connectivity index (χ0) is 15.1. The van der Waals surface area contributed by atoms with Crippen molar-refractivity contribution in [2.45, 2.75) is 36.8 Å². The molecule has 1 rings (SSSR count). The fourth-order valence-electron chi connectivity index (χ4n) is 1.58. The summed E-state index contributed by atoms with van der Waals surface area (Å²) in [5.74, 6) is -1.73. The Morgan fingerprint density at radius 1 is 1.16 bits per heavy atom. The van der Waals surface area contributed by atoms with Gasteiger partial charge in [0.25, 0.3) is 0 Å². The van der Waals surface area contributed by atoms with Crippen molar-refractivity contribution in [3.63, 3.8) is 0 Å². The lowest BCUT2D eigenvalue weighted by molar-refractivity contribution is -0.323. The molecule has 19 heavy (non-hydrogen) atoms. The third kappa shape index (κ3) is 3.72. The average molecular weight is 294 g/mol. The zero-order valence-electron chi connectivity index (χ0n) is 9.52. The summed E-state index contributed by atoms with van der Waals surface area (Å²) in [6, 6.07) is 0. The second-order valence-corrected chi connectivity index (χ2v) is 4.45. The normalized spacial score (nSPS) is 20.4. The molecule has 1 saturated carbocycles. The largest absolute Gasteiger partial charge is 0.423 e. The van der Waals surface area contributed by atoms with E-state index in [9.17, 15) is 31.1 Å². The maximum absolute atomic E-state index is 12.2. The van der Waals surface area contributed by atoms with Gasteiger partial charge in [-0.15, -0.1) is 0 Å². The van der Waals surface area contributed by atoms with Crippen LogP contribution in [-0.4, -0.2) is 36.5 Å². The molecular formula is C9H12F6N2O2. The van der Waals surface area contributed by atoms with Gasteiger partial charge in [0.15, 0.2) is 0 Å². The van der Waals surface area contributed by atoms with Gasteiger partial charge in [0.05, 0.1) is 6.61 Å². The van der Waals surface area contributed by atoms with E-state index in [1.165, 1.54) is 0 Å². The van der Waals surface area contributed by atoms with Gasteiger partial charge in [0.2, 0.25) is 12.0 Å². The highest BCUT2D eigenvalue weighted by molar-refractivity contribution is 5.85. The molecule has 0 radical (unpaired) electrons. The van der Waals surface area contributed by atoms with Crippen LogP contribution < -0.4 is 11.5 Å². The van der Waals surface area contributed by atoms with Gasteiger partial charge in [-0.05, 0) is 18.8 Å². The monoisotopic (exact) mass is 294 g/mol. The van der Waals surface area contributed by atoms with Crippen molar-refractivity contribution in [2.75, 3.05) is 6.61 Å². The summed E-state index contributed by atoms with van der Waals surface area (Å²) in [7, 11) is 0. The SMILES string of the molecule is NC(=O)C(N)(COC(C(F)(F)F)C(F)(F)F)C1CC1. The van der Waals surface area contributed by atoms with E-state index in [1.807, 2.05) is 0 Å². The van der Waals surface area contributed by atoms with Crippen molar-refractivity contribution in [1.29, 1.82) is 0 Å². The van der Waals surface area contributed by atoms with Crippen molar-refractivity contribution in [1.82, 2.24) is 0 Å². The van der Waals surface area contributed by atoms with Crippen molar-refractivity contribution < 1.29 is 35.9 Å². The minimum absolute atomic E-state index is 0.408. The Labute approximate surface area is 104 Å². The highest BCUT2D eigenvalue weighted by atomic mass is 19.4. The van der Waals surface area contributed by atoms with Crippen LogP contribution in [0.25, 0.3) is 0 Å². The van der Waals surface area contributed by atoms with Crippen molar-refractivity contribution >= 4 is 5.91 Å². The van der Waals surface area contributed by atoms with E-state index in [0.29, 0.717) is 12.8 Å². The summed E-state index contributed by atoms with van der Waals surface area (Å²) in [4.78, 5) is 11.1. The molecule has 0 saturated heterocycles. The molecule has 112 valence electrons. The summed E-state index contributed by atoms with van der Waals surface area (Å²) in [6.07, 6.45) is -14.4. The molecule has 0 heterocycles. The Hall–Kier alpha value is -1.03. The number of carbonyl (C=O) groups excluding carboxylic acids is 1. The third-order valence-electron chi connectivity index (χ3n) is 2.85. The van der Waals surface area contributed by atoms with Gasteiger partial charge in [-0.3, -0.25) is 4.79 Å². The van der Waals surface area contributed by atoms with Crippen molar-refractivity contribution in [3.05, 3.63) is 0 Å². The zero-order valence-corrected chi connectivity index (χ0v) is 9.52. The van der Waals surface area contributed by atoms with Crippen LogP contribution in [0.4, 0.5) is 26.3 Å². The minimum atomic E-state index is -5.64. The van der Waals surface area contributed by atoms with E-state index in [4.69, 9.17) is 11.5 Å². The standard InChI is InChI=1S/C9H12F6N2O2/c10-8(11,12)5(9(13,14)15)19-3-7(17,6(16)18)4-1-2-4/h4-5H,1-3,17H2,(H2,16,18).